The van der Waals surface area contributed by atoms with Gasteiger partial charge in [-0.15, -0.1) is 0 Å². The van der Waals surface area contributed by atoms with E-state index in [-0.39, 0.29) is 29.6 Å². The average molecular weight is 285 g/mol. The molecule has 0 saturated carbocycles. The van der Waals surface area contributed by atoms with Gasteiger partial charge in [0.1, 0.15) is 6.04 Å². The first-order valence-corrected chi connectivity index (χ1v) is 6.62. The van der Waals surface area contributed by atoms with Gasteiger partial charge >= 0.3 is 41.5 Å². The molecule has 0 saturated heterocycles. The number of unbranched alkanes of at least 4 members (excludes halogenated alkanes) is 6. The summed E-state index contributed by atoms with van der Waals surface area (Å²) in [7, 11) is 0. The van der Waals surface area contributed by atoms with Crippen molar-refractivity contribution < 1.29 is 19.8 Å². The van der Waals surface area contributed by atoms with E-state index in [9.17, 15) is 9.59 Å². The van der Waals surface area contributed by atoms with Gasteiger partial charge in [-0.3, -0.25) is 9.59 Å². The molecule has 0 amide bonds. The molecule has 5 nitrogen and oxygen atoms in total. The molecule has 0 aromatic rings. The van der Waals surface area contributed by atoms with Crippen LogP contribution >= 0.6 is 0 Å². The van der Waals surface area contributed by atoms with Crippen LogP contribution in [0.25, 0.3) is 0 Å². The number of carboxylic acid groups (broad SMARTS) is 2. The monoisotopic (exact) mass is 285 g/mol. The van der Waals surface area contributed by atoms with Crippen molar-refractivity contribution in [1.82, 2.24) is 0 Å². The Kier molecular flexibility index (Phi) is 22.6. The van der Waals surface area contributed by atoms with E-state index in [2.05, 4.69) is 6.92 Å². The number of hydrogen-bond acceptors (Lipinski definition) is 3. The summed E-state index contributed by atoms with van der Waals surface area (Å²) in [6, 6.07) is -0.731. The molecule has 0 aromatic carbocycles. The van der Waals surface area contributed by atoms with Gasteiger partial charge in [-0.25, -0.2) is 0 Å². The molecule has 0 spiro atoms. The van der Waals surface area contributed by atoms with Crippen LogP contribution in [0.1, 0.15) is 65.2 Å². The summed E-state index contributed by atoms with van der Waals surface area (Å²) in [6.07, 6.45) is 8.64. The Morgan fingerprint density at radius 3 is 1.68 bits per heavy atom. The molecule has 4 N–H and O–H groups in total. The molecule has 0 aliphatic heterocycles. The van der Waals surface area contributed by atoms with E-state index in [1.165, 1.54) is 39.0 Å². The first-order chi connectivity index (χ1) is 8.41. The van der Waals surface area contributed by atoms with Gasteiger partial charge in [0, 0.05) is 6.42 Å². The Morgan fingerprint density at radius 1 is 1.00 bits per heavy atom. The van der Waals surface area contributed by atoms with Crippen LogP contribution in [0.2, 0.25) is 0 Å². The fourth-order valence-corrected chi connectivity index (χ4v) is 1.23. The normalized spacial score (nSPS) is 10.7. The van der Waals surface area contributed by atoms with E-state index in [1.807, 2.05) is 0 Å². The minimum atomic E-state index is -0.963. The van der Waals surface area contributed by atoms with E-state index in [0.29, 0.717) is 6.42 Å². The van der Waals surface area contributed by atoms with Crippen molar-refractivity contribution in [3.8, 4) is 0 Å². The van der Waals surface area contributed by atoms with Crippen LogP contribution in [-0.2, 0) is 9.59 Å². The molecule has 6 heteroatoms. The van der Waals surface area contributed by atoms with Crippen LogP contribution in [0.4, 0.5) is 0 Å². The zero-order valence-electron chi connectivity index (χ0n) is 11.5. The van der Waals surface area contributed by atoms with Crippen LogP contribution in [0.5, 0.6) is 0 Å². The molecular formula is C13H28NNaO4. The van der Waals surface area contributed by atoms with Crippen molar-refractivity contribution in [3.63, 3.8) is 0 Å². The Balaban J connectivity index is -0.000000313. The molecule has 19 heavy (non-hydrogen) atoms. The van der Waals surface area contributed by atoms with Crippen LogP contribution in [-0.4, -0.2) is 57.8 Å². The number of hydrogen-bond donors (Lipinski definition) is 3. The SMILES string of the molecule is CC(N)C(=O)O.CCCCCCCCCC(=O)O.[NaH]. The first kappa shape index (κ1) is 24.0. The number of carboxylic acids is 2. The summed E-state index contributed by atoms with van der Waals surface area (Å²) in [4.78, 5) is 19.7. The van der Waals surface area contributed by atoms with Crippen LogP contribution in [0.15, 0.2) is 0 Å². The average Bonchev–Trinajstić information content (AvgIpc) is 2.28. The second kappa shape index (κ2) is 17.9. The van der Waals surface area contributed by atoms with Crippen molar-refractivity contribution in [1.29, 1.82) is 0 Å². The molecule has 0 aliphatic carbocycles. The Hall–Kier alpha value is -0.100. The summed E-state index contributed by atoms with van der Waals surface area (Å²) < 4.78 is 0. The summed E-state index contributed by atoms with van der Waals surface area (Å²) in [5.41, 5.74) is 4.84. The van der Waals surface area contributed by atoms with Crippen molar-refractivity contribution in [2.75, 3.05) is 0 Å². The van der Waals surface area contributed by atoms with Crippen LogP contribution in [0.3, 0.4) is 0 Å². The van der Waals surface area contributed by atoms with Gasteiger partial charge in [0.2, 0.25) is 0 Å². The standard InChI is InChI=1S/C10H20O2.C3H7NO2.Na.H/c1-2-3-4-5-6-7-8-9-10(11)12;1-2(4)3(5)6;;/h2-9H2,1H3,(H,11,12);2H,4H2,1H3,(H,5,6);;. The molecule has 0 rings (SSSR count). The van der Waals surface area contributed by atoms with Crippen LogP contribution < -0.4 is 5.73 Å². The maximum absolute atomic E-state index is 10.1. The third kappa shape index (κ3) is 27.2. The maximum atomic E-state index is 10.1. The van der Waals surface area contributed by atoms with Crippen molar-refractivity contribution in [3.05, 3.63) is 0 Å². The minimum absolute atomic E-state index is 0. The third-order valence-corrected chi connectivity index (χ3v) is 2.38. The number of aliphatic carboxylic acids is 2. The zero-order chi connectivity index (χ0) is 14.4. The van der Waals surface area contributed by atoms with E-state index in [4.69, 9.17) is 15.9 Å². The van der Waals surface area contributed by atoms with E-state index in [0.717, 1.165) is 12.8 Å². The third-order valence-electron chi connectivity index (χ3n) is 2.38. The van der Waals surface area contributed by atoms with E-state index in [1.54, 1.807) is 0 Å². The molecule has 0 radical (unpaired) electrons. The van der Waals surface area contributed by atoms with Gasteiger partial charge in [-0.1, -0.05) is 45.4 Å². The molecule has 0 heterocycles. The van der Waals surface area contributed by atoms with E-state index < -0.39 is 18.0 Å². The summed E-state index contributed by atoms with van der Waals surface area (Å²) in [5.74, 6) is -1.63. The molecule has 1 atom stereocenters. The van der Waals surface area contributed by atoms with Gasteiger partial charge in [0.15, 0.2) is 0 Å². The van der Waals surface area contributed by atoms with Gasteiger partial charge in [0.05, 0.1) is 0 Å². The van der Waals surface area contributed by atoms with Gasteiger partial charge < -0.3 is 15.9 Å². The second-order valence-corrected chi connectivity index (χ2v) is 4.39. The molecule has 0 aliphatic rings. The van der Waals surface area contributed by atoms with Crippen molar-refractivity contribution in [2.45, 2.75) is 71.3 Å². The Bertz CT molecular complexity index is 223. The van der Waals surface area contributed by atoms with Gasteiger partial charge in [0.25, 0.3) is 0 Å². The predicted octanol–water partition coefficient (Wildman–Crippen LogP) is 1.98. The zero-order valence-corrected chi connectivity index (χ0v) is 11.5. The molecule has 0 aromatic heterocycles. The fourth-order valence-electron chi connectivity index (χ4n) is 1.23. The van der Waals surface area contributed by atoms with E-state index >= 15 is 0 Å². The predicted molar refractivity (Wildman–Crippen MR) is 78.7 cm³/mol. The van der Waals surface area contributed by atoms with Crippen molar-refractivity contribution >= 4 is 41.5 Å². The second-order valence-electron chi connectivity index (χ2n) is 4.39. The molecule has 110 valence electrons. The molecule has 0 bridgehead atoms. The quantitative estimate of drug-likeness (QED) is 0.444. The molecule has 1 unspecified atom stereocenters. The van der Waals surface area contributed by atoms with Crippen molar-refractivity contribution in [2.24, 2.45) is 5.73 Å². The summed E-state index contributed by atoms with van der Waals surface area (Å²) in [6.45, 7) is 3.62. The molecule has 0 fully saturated rings. The summed E-state index contributed by atoms with van der Waals surface area (Å²) >= 11 is 0. The first-order valence-electron chi connectivity index (χ1n) is 6.62. The fraction of sp³-hybridized carbons (Fsp3) is 0.846. The van der Waals surface area contributed by atoms with Gasteiger partial charge in [-0.05, 0) is 13.3 Å². The Morgan fingerprint density at radius 2 is 1.37 bits per heavy atom. The number of carbonyl (C=O) groups is 2. The Labute approximate surface area is 138 Å². The summed E-state index contributed by atoms with van der Waals surface area (Å²) in [5, 5.41) is 16.2. The topological polar surface area (TPSA) is 101 Å². The number of rotatable bonds is 9. The number of nitrogens with two attached hydrogens (primary N) is 1. The van der Waals surface area contributed by atoms with Gasteiger partial charge in [-0.2, -0.15) is 0 Å². The van der Waals surface area contributed by atoms with Crippen LogP contribution in [0, 0.1) is 0 Å². The molecular weight excluding hydrogens is 257 g/mol.